The average Bonchev–Trinajstić information content (AvgIpc) is 3.14. The summed E-state index contributed by atoms with van der Waals surface area (Å²) >= 11 is 0. The van der Waals surface area contributed by atoms with Crippen molar-refractivity contribution in [2.24, 2.45) is 0 Å². The van der Waals surface area contributed by atoms with Gasteiger partial charge in [-0.1, -0.05) is 33.8 Å². The molecule has 0 aromatic carbocycles. The molecule has 3 rings (SSSR count). The van der Waals surface area contributed by atoms with Crippen molar-refractivity contribution in [3.63, 3.8) is 0 Å². The number of imidazole rings is 1. The fraction of sp³-hybridized carbons (Fsp3) is 0.529. The van der Waals surface area contributed by atoms with Crippen LogP contribution in [0.3, 0.4) is 0 Å². The van der Waals surface area contributed by atoms with Crippen LogP contribution in [0.25, 0.3) is 5.65 Å². The number of esters is 1. The smallest absolute Gasteiger partial charge is 0.355 e. The minimum absolute atomic E-state index is 0.213. The molecule has 1 atom stereocenters. The molecule has 2 N–H and O–H groups in total. The third kappa shape index (κ3) is 4.30. The second-order valence-corrected chi connectivity index (χ2v) is 4.50. The number of carbonyl (C=O) groups is 1. The molecule has 23 heavy (non-hydrogen) atoms. The van der Waals surface area contributed by atoms with Gasteiger partial charge in [0.15, 0.2) is 0 Å². The molecule has 0 aliphatic carbocycles. The van der Waals surface area contributed by atoms with E-state index < -0.39 is 0 Å². The zero-order chi connectivity index (χ0) is 17.2. The van der Waals surface area contributed by atoms with Gasteiger partial charge in [-0.15, -0.1) is 0 Å². The summed E-state index contributed by atoms with van der Waals surface area (Å²) in [6, 6.07) is 3.94. The number of rotatable bonds is 2. The van der Waals surface area contributed by atoms with Crippen molar-refractivity contribution in [3.05, 3.63) is 35.8 Å². The zero-order valence-electron chi connectivity index (χ0n) is 14.7. The number of nitrogens with zero attached hydrogens (tertiary/aromatic N) is 2. The van der Waals surface area contributed by atoms with Gasteiger partial charge in [-0.05, 0) is 6.07 Å². The van der Waals surface area contributed by atoms with Crippen molar-refractivity contribution in [2.45, 2.75) is 33.7 Å². The highest BCUT2D eigenvalue weighted by Crippen LogP contribution is 2.20. The number of nitrogens with one attached hydrogen (secondary N) is 2. The van der Waals surface area contributed by atoms with Crippen LogP contribution in [-0.4, -0.2) is 42.1 Å². The highest BCUT2D eigenvalue weighted by molar-refractivity contribution is 5.88. The Morgan fingerprint density at radius 1 is 1.26 bits per heavy atom. The number of carbonyl (C=O) groups excluding carboxylic acids is 1. The first-order chi connectivity index (χ1) is 11.3. The van der Waals surface area contributed by atoms with E-state index in [1.54, 1.807) is 22.9 Å². The molecule has 0 spiro atoms. The summed E-state index contributed by atoms with van der Waals surface area (Å²) in [5.41, 5.74) is 2.37. The van der Waals surface area contributed by atoms with Crippen LogP contribution >= 0.6 is 0 Å². The van der Waals surface area contributed by atoms with Gasteiger partial charge in [0.2, 0.25) is 0 Å². The molecule has 0 saturated carbocycles. The zero-order valence-corrected chi connectivity index (χ0v) is 14.7. The van der Waals surface area contributed by atoms with E-state index in [9.17, 15) is 4.79 Å². The molecule has 2 aromatic heterocycles. The summed E-state index contributed by atoms with van der Waals surface area (Å²) in [6.45, 7) is 10.8. The van der Waals surface area contributed by atoms with E-state index in [1.807, 2.05) is 33.8 Å². The SMILES string of the molecule is CC.CC.COC(=O)c1ccc(C2CNCCN2)c2nccn12. The fourth-order valence-electron chi connectivity index (χ4n) is 2.45. The van der Waals surface area contributed by atoms with Gasteiger partial charge in [0, 0.05) is 43.6 Å². The molecule has 0 radical (unpaired) electrons. The van der Waals surface area contributed by atoms with Crippen LogP contribution in [0, 0.1) is 0 Å². The molecular weight excluding hydrogens is 292 g/mol. The predicted octanol–water partition coefficient (Wildman–Crippen LogP) is 2.41. The molecule has 6 heteroatoms. The Kier molecular flexibility index (Phi) is 8.29. The lowest BCUT2D eigenvalue weighted by Crippen LogP contribution is -2.42. The Balaban J connectivity index is 0.000000615. The third-order valence-corrected chi connectivity index (χ3v) is 3.39. The van der Waals surface area contributed by atoms with Crippen molar-refractivity contribution >= 4 is 11.6 Å². The highest BCUT2D eigenvalue weighted by Gasteiger charge is 2.20. The van der Waals surface area contributed by atoms with E-state index in [4.69, 9.17) is 4.74 Å². The molecule has 1 saturated heterocycles. The third-order valence-electron chi connectivity index (χ3n) is 3.39. The number of hydrogen-bond donors (Lipinski definition) is 2. The largest absolute Gasteiger partial charge is 0.464 e. The summed E-state index contributed by atoms with van der Waals surface area (Å²) in [5, 5.41) is 6.80. The summed E-state index contributed by atoms with van der Waals surface area (Å²) in [7, 11) is 1.38. The summed E-state index contributed by atoms with van der Waals surface area (Å²) < 4.78 is 6.56. The summed E-state index contributed by atoms with van der Waals surface area (Å²) in [5.74, 6) is -0.357. The minimum Gasteiger partial charge on any atom is -0.464 e. The number of hydrogen-bond acceptors (Lipinski definition) is 5. The lowest BCUT2D eigenvalue weighted by atomic mass is 10.1. The normalized spacial score (nSPS) is 16.7. The fourth-order valence-corrected chi connectivity index (χ4v) is 2.45. The van der Waals surface area contributed by atoms with Crippen molar-refractivity contribution in [2.75, 3.05) is 26.7 Å². The standard InChI is InChI=1S/C13H16N4O2.2C2H6/c1-19-13(18)11-3-2-9(10-8-14-4-5-15-10)12-16-6-7-17(11)12;2*1-2/h2-3,6-7,10,14-15H,4-5,8H2,1H3;2*1-2H3. The number of piperazine rings is 1. The monoisotopic (exact) mass is 320 g/mol. The van der Waals surface area contributed by atoms with Crippen LogP contribution in [0.1, 0.15) is 49.8 Å². The molecule has 3 heterocycles. The van der Waals surface area contributed by atoms with Crippen molar-refractivity contribution in [1.82, 2.24) is 20.0 Å². The Hall–Kier alpha value is -1.92. The van der Waals surface area contributed by atoms with Crippen LogP contribution in [0.4, 0.5) is 0 Å². The Labute approximate surface area is 138 Å². The minimum atomic E-state index is -0.357. The maximum absolute atomic E-state index is 11.7. The van der Waals surface area contributed by atoms with Gasteiger partial charge < -0.3 is 15.4 Å². The first-order valence-corrected chi connectivity index (χ1v) is 8.29. The molecule has 0 bridgehead atoms. The number of fused-ring (bicyclic) bond motifs is 1. The van der Waals surface area contributed by atoms with Crippen molar-refractivity contribution < 1.29 is 9.53 Å². The maximum atomic E-state index is 11.7. The number of methoxy groups -OCH3 is 1. The Bertz CT molecular complexity index is 604. The lowest BCUT2D eigenvalue weighted by molar-refractivity contribution is 0.0592. The van der Waals surface area contributed by atoms with E-state index in [1.165, 1.54) is 7.11 Å². The predicted molar refractivity (Wildman–Crippen MR) is 92.8 cm³/mol. The molecule has 0 amide bonds. The van der Waals surface area contributed by atoms with Gasteiger partial charge in [-0.25, -0.2) is 9.78 Å². The van der Waals surface area contributed by atoms with Crippen LogP contribution < -0.4 is 10.6 Å². The lowest BCUT2D eigenvalue weighted by Gasteiger charge is -2.25. The topological polar surface area (TPSA) is 67.7 Å². The molecule has 128 valence electrons. The van der Waals surface area contributed by atoms with Gasteiger partial charge in [-0.3, -0.25) is 4.40 Å². The first-order valence-electron chi connectivity index (χ1n) is 8.29. The van der Waals surface area contributed by atoms with E-state index in [0.29, 0.717) is 5.69 Å². The van der Waals surface area contributed by atoms with E-state index in [0.717, 1.165) is 30.8 Å². The molecule has 1 unspecified atom stereocenters. The van der Waals surface area contributed by atoms with E-state index >= 15 is 0 Å². The summed E-state index contributed by atoms with van der Waals surface area (Å²) in [6.07, 6.45) is 3.48. The molecule has 1 aliphatic rings. The van der Waals surface area contributed by atoms with Gasteiger partial charge in [0.1, 0.15) is 11.3 Å². The Morgan fingerprint density at radius 2 is 2.00 bits per heavy atom. The van der Waals surface area contributed by atoms with Gasteiger partial charge in [0.05, 0.1) is 7.11 Å². The van der Waals surface area contributed by atoms with Crippen LogP contribution in [0.2, 0.25) is 0 Å². The van der Waals surface area contributed by atoms with Gasteiger partial charge in [-0.2, -0.15) is 0 Å². The number of pyridine rings is 1. The highest BCUT2D eigenvalue weighted by atomic mass is 16.5. The van der Waals surface area contributed by atoms with Crippen molar-refractivity contribution in [1.29, 1.82) is 0 Å². The number of aromatic nitrogens is 2. The molecule has 6 nitrogen and oxygen atoms in total. The molecular formula is C17H28N4O2. The molecule has 1 fully saturated rings. The van der Waals surface area contributed by atoms with Crippen molar-refractivity contribution in [3.8, 4) is 0 Å². The quantitative estimate of drug-likeness (QED) is 0.832. The van der Waals surface area contributed by atoms with E-state index in [-0.39, 0.29) is 12.0 Å². The molecule has 1 aliphatic heterocycles. The van der Waals surface area contributed by atoms with Gasteiger partial charge in [0.25, 0.3) is 0 Å². The molecule has 2 aromatic rings. The van der Waals surface area contributed by atoms with Crippen LogP contribution in [-0.2, 0) is 4.74 Å². The first kappa shape index (κ1) is 19.1. The Morgan fingerprint density at radius 3 is 2.61 bits per heavy atom. The maximum Gasteiger partial charge on any atom is 0.355 e. The average molecular weight is 320 g/mol. The summed E-state index contributed by atoms with van der Waals surface area (Å²) in [4.78, 5) is 16.1. The van der Waals surface area contributed by atoms with Crippen LogP contribution in [0.15, 0.2) is 24.5 Å². The van der Waals surface area contributed by atoms with Crippen LogP contribution in [0.5, 0.6) is 0 Å². The van der Waals surface area contributed by atoms with E-state index in [2.05, 4.69) is 15.6 Å². The number of ether oxygens (including phenoxy) is 1. The second kappa shape index (κ2) is 9.97. The van der Waals surface area contributed by atoms with Gasteiger partial charge >= 0.3 is 5.97 Å². The second-order valence-electron chi connectivity index (χ2n) is 4.50.